The lowest BCUT2D eigenvalue weighted by Gasteiger charge is -2.14. The molecule has 0 aromatic rings. The van der Waals surface area contributed by atoms with Crippen LogP contribution in [0.5, 0.6) is 0 Å². The van der Waals surface area contributed by atoms with Crippen LogP contribution in [0.1, 0.15) is 20.8 Å². The summed E-state index contributed by atoms with van der Waals surface area (Å²) in [6.07, 6.45) is 1.48. The van der Waals surface area contributed by atoms with E-state index < -0.39 is 0 Å². The van der Waals surface area contributed by atoms with Gasteiger partial charge in [-0.05, 0) is 13.8 Å². The smallest absolute Gasteiger partial charge is 0.0770 e. The minimum absolute atomic E-state index is 0.176. The molecule has 0 rings (SSSR count). The molecule has 0 aliphatic rings. The third-order valence-corrected chi connectivity index (χ3v) is 1.52. The molecule has 0 aromatic carbocycles. The van der Waals surface area contributed by atoms with E-state index in [-0.39, 0.29) is 12.0 Å². The summed E-state index contributed by atoms with van der Waals surface area (Å²) in [5.74, 6) is 0.176. The third-order valence-electron chi connectivity index (χ3n) is 1.52. The van der Waals surface area contributed by atoms with Gasteiger partial charge in [-0.15, -0.1) is 0 Å². The molecule has 1 N–H and O–H groups in total. The van der Waals surface area contributed by atoms with Gasteiger partial charge in [0.2, 0.25) is 0 Å². The normalized spacial score (nSPS) is 15.7. The summed E-state index contributed by atoms with van der Waals surface area (Å²) >= 11 is 0. The van der Waals surface area contributed by atoms with E-state index in [1.165, 1.54) is 0 Å². The number of hydrogen-bond acceptors (Lipinski definition) is 2. The summed E-state index contributed by atoms with van der Waals surface area (Å²) in [7, 11) is 1.64. The van der Waals surface area contributed by atoms with Crippen molar-refractivity contribution in [3.63, 3.8) is 0 Å². The van der Waals surface area contributed by atoms with E-state index in [0.29, 0.717) is 6.61 Å². The maximum atomic E-state index is 9.46. The fourth-order valence-electron chi connectivity index (χ4n) is 0.867. The fraction of sp³-hybridized carbons (Fsp3) is 0.778. The van der Waals surface area contributed by atoms with E-state index in [1.54, 1.807) is 7.11 Å². The zero-order chi connectivity index (χ0) is 8.85. The van der Waals surface area contributed by atoms with Gasteiger partial charge in [0.15, 0.2) is 0 Å². The molecule has 2 atom stereocenters. The lowest BCUT2D eigenvalue weighted by atomic mass is 10.0. The molecule has 0 radical (unpaired) electrons. The number of aliphatic hydroxyl groups excluding tert-OH is 1. The molecule has 0 saturated heterocycles. The standard InChI is InChI=1S/C9H18O2/c1-7(2)5-9(10)8(3)6-11-4/h5,8-10H,6H2,1-4H3. The minimum atomic E-state index is -0.375. The molecule has 0 amide bonds. The van der Waals surface area contributed by atoms with Gasteiger partial charge in [0.25, 0.3) is 0 Å². The second kappa shape index (κ2) is 5.33. The number of hydrogen-bond donors (Lipinski definition) is 1. The van der Waals surface area contributed by atoms with Crippen molar-refractivity contribution in [3.05, 3.63) is 11.6 Å². The number of methoxy groups -OCH3 is 1. The number of aliphatic hydroxyl groups is 1. The monoisotopic (exact) mass is 158 g/mol. The van der Waals surface area contributed by atoms with Crippen LogP contribution in [-0.4, -0.2) is 24.9 Å². The molecule has 0 spiro atoms. The average molecular weight is 158 g/mol. The van der Waals surface area contributed by atoms with Crippen molar-refractivity contribution in [1.82, 2.24) is 0 Å². The van der Waals surface area contributed by atoms with E-state index in [4.69, 9.17) is 4.74 Å². The molecule has 2 heteroatoms. The highest BCUT2D eigenvalue weighted by Crippen LogP contribution is 2.06. The Morgan fingerprint density at radius 1 is 1.55 bits per heavy atom. The Kier molecular flexibility index (Phi) is 5.16. The predicted molar refractivity (Wildman–Crippen MR) is 46.5 cm³/mol. The first-order chi connectivity index (χ1) is 5.07. The molecule has 0 bridgehead atoms. The van der Waals surface area contributed by atoms with Gasteiger partial charge in [0.1, 0.15) is 0 Å². The zero-order valence-electron chi connectivity index (χ0n) is 7.79. The molecule has 0 heterocycles. The maximum absolute atomic E-state index is 9.46. The maximum Gasteiger partial charge on any atom is 0.0770 e. The van der Waals surface area contributed by atoms with E-state index in [0.717, 1.165) is 5.57 Å². The number of ether oxygens (including phenoxy) is 1. The molecule has 0 aliphatic carbocycles. The van der Waals surface area contributed by atoms with Crippen molar-refractivity contribution in [2.75, 3.05) is 13.7 Å². The van der Waals surface area contributed by atoms with Crippen molar-refractivity contribution in [1.29, 1.82) is 0 Å². The van der Waals surface area contributed by atoms with Crippen molar-refractivity contribution < 1.29 is 9.84 Å². The Morgan fingerprint density at radius 2 is 2.09 bits per heavy atom. The number of rotatable bonds is 4. The van der Waals surface area contributed by atoms with Crippen LogP contribution in [0.4, 0.5) is 0 Å². The van der Waals surface area contributed by atoms with Gasteiger partial charge in [-0.25, -0.2) is 0 Å². The summed E-state index contributed by atoms with van der Waals surface area (Å²) < 4.78 is 4.92. The van der Waals surface area contributed by atoms with Crippen LogP contribution in [0, 0.1) is 5.92 Å². The van der Waals surface area contributed by atoms with Crippen molar-refractivity contribution in [3.8, 4) is 0 Å². The van der Waals surface area contributed by atoms with Crippen LogP contribution in [0.25, 0.3) is 0 Å². The van der Waals surface area contributed by atoms with Crippen LogP contribution in [0.15, 0.2) is 11.6 Å². The van der Waals surface area contributed by atoms with Gasteiger partial charge in [-0.3, -0.25) is 0 Å². The summed E-state index contributed by atoms with van der Waals surface area (Å²) in [5.41, 5.74) is 1.14. The quantitative estimate of drug-likeness (QED) is 0.630. The first-order valence-corrected chi connectivity index (χ1v) is 3.90. The molecule has 66 valence electrons. The molecule has 2 unspecified atom stereocenters. The molecule has 0 aromatic heterocycles. The second-order valence-corrected chi connectivity index (χ2v) is 3.17. The van der Waals surface area contributed by atoms with Crippen LogP contribution in [-0.2, 0) is 4.74 Å². The Morgan fingerprint density at radius 3 is 2.45 bits per heavy atom. The van der Waals surface area contributed by atoms with Crippen LogP contribution < -0.4 is 0 Å². The van der Waals surface area contributed by atoms with Gasteiger partial charge < -0.3 is 9.84 Å². The second-order valence-electron chi connectivity index (χ2n) is 3.17. The summed E-state index contributed by atoms with van der Waals surface area (Å²) in [6, 6.07) is 0. The summed E-state index contributed by atoms with van der Waals surface area (Å²) in [5, 5.41) is 9.46. The van der Waals surface area contributed by atoms with Gasteiger partial charge >= 0.3 is 0 Å². The molecule has 11 heavy (non-hydrogen) atoms. The third kappa shape index (κ3) is 4.99. The lowest BCUT2D eigenvalue weighted by Crippen LogP contribution is -2.19. The van der Waals surface area contributed by atoms with Crippen molar-refractivity contribution in [2.45, 2.75) is 26.9 Å². The minimum Gasteiger partial charge on any atom is -0.389 e. The Labute approximate surface area is 68.9 Å². The molecule has 0 fully saturated rings. The molecule has 0 aliphatic heterocycles. The Bertz CT molecular complexity index is 126. The highest BCUT2D eigenvalue weighted by molar-refractivity contribution is 4.99. The van der Waals surface area contributed by atoms with Crippen LogP contribution in [0.3, 0.4) is 0 Å². The van der Waals surface area contributed by atoms with Crippen LogP contribution in [0.2, 0.25) is 0 Å². The van der Waals surface area contributed by atoms with Crippen molar-refractivity contribution in [2.24, 2.45) is 5.92 Å². The van der Waals surface area contributed by atoms with E-state index >= 15 is 0 Å². The van der Waals surface area contributed by atoms with E-state index in [1.807, 2.05) is 26.8 Å². The Balaban J connectivity index is 3.82. The molecule has 2 nitrogen and oxygen atoms in total. The van der Waals surface area contributed by atoms with Gasteiger partial charge in [-0.2, -0.15) is 0 Å². The zero-order valence-corrected chi connectivity index (χ0v) is 7.79. The summed E-state index contributed by atoms with van der Waals surface area (Å²) in [4.78, 5) is 0. The predicted octanol–water partition coefficient (Wildman–Crippen LogP) is 1.60. The first-order valence-electron chi connectivity index (χ1n) is 3.90. The Hall–Kier alpha value is -0.340. The fourth-order valence-corrected chi connectivity index (χ4v) is 0.867. The van der Waals surface area contributed by atoms with Gasteiger partial charge in [-0.1, -0.05) is 18.6 Å². The van der Waals surface area contributed by atoms with E-state index in [2.05, 4.69) is 0 Å². The van der Waals surface area contributed by atoms with Gasteiger partial charge in [0.05, 0.1) is 12.7 Å². The van der Waals surface area contributed by atoms with E-state index in [9.17, 15) is 5.11 Å². The molecular formula is C9H18O2. The SMILES string of the molecule is COCC(C)C(O)C=C(C)C. The van der Waals surface area contributed by atoms with Crippen molar-refractivity contribution >= 4 is 0 Å². The van der Waals surface area contributed by atoms with Crippen LogP contribution >= 0.6 is 0 Å². The highest BCUT2D eigenvalue weighted by atomic mass is 16.5. The van der Waals surface area contributed by atoms with Gasteiger partial charge in [0, 0.05) is 13.0 Å². The topological polar surface area (TPSA) is 29.5 Å². The lowest BCUT2D eigenvalue weighted by molar-refractivity contribution is 0.0834. The molecule has 0 saturated carbocycles. The number of allylic oxidation sites excluding steroid dienone is 1. The largest absolute Gasteiger partial charge is 0.389 e. The average Bonchev–Trinajstić information content (AvgIpc) is 1.86. The summed E-state index contributed by atoms with van der Waals surface area (Å²) in [6.45, 7) is 6.52. The first kappa shape index (κ1) is 10.7. The molecular weight excluding hydrogens is 140 g/mol. The highest BCUT2D eigenvalue weighted by Gasteiger charge is 2.10.